The summed E-state index contributed by atoms with van der Waals surface area (Å²) in [5.74, 6) is 0.0696. The van der Waals surface area contributed by atoms with E-state index in [1.54, 1.807) is 6.08 Å². The molecule has 1 aromatic carbocycles. The maximum Gasteiger partial charge on any atom is 0.331 e. The van der Waals surface area contributed by atoms with Crippen LogP contribution in [0.15, 0.2) is 18.2 Å². The molecule has 27 heavy (non-hydrogen) atoms. The Morgan fingerprint density at radius 3 is 2.89 bits per heavy atom. The Morgan fingerprint density at radius 2 is 2.19 bits per heavy atom. The number of carbonyl (C=O) groups excluding carboxylic acids is 3. The second-order valence-electron chi connectivity index (χ2n) is 6.55. The molecule has 0 unspecified atom stereocenters. The number of rotatable bonds is 6. The van der Waals surface area contributed by atoms with Crippen molar-refractivity contribution in [2.45, 2.75) is 39.2 Å². The SMILES string of the molecule is CCOc1cc2c(cc1/C=C/C(=O)OCC(=O)N1CCCC1=O)O[C@@H](C)C2. The summed E-state index contributed by atoms with van der Waals surface area (Å²) in [5, 5.41) is 0. The number of imide groups is 1. The lowest BCUT2D eigenvalue weighted by Crippen LogP contribution is -2.35. The Morgan fingerprint density at radius 1 is 1.37 bits per heavy atom. The summed E-state index contributed by atoms with van der Waals surface area (Å²) in [7, 11) is 0. The summed E-state index contributed by atoms with van der Waals surface area (Å²) >= 11 is 0. The highest BCUT2D eigenvalue weighted by atomic mass is 16.5. The minimum Gasteiger partial charge on any atom is -0.493 e. The quantitative estimate of drug-likeness (QED) is 0.561. The van der Waals surface area contributed by atoms with Crippen molar-refractivity contribution >= 4 is 23.9 Å². The van der Waals surface area contributed by atoms with Gasteiger partial charge in [-0.05, 0) is 38.5 Å². The van der Waals surface area contributed by atoms with Gasteiger partial charge in [-0.2, -0.15) is 0 Å². The molecule has 0 N–H and O–H groups in total. The van der Waals surface area contributed by atoms with Gasteiger partial charge in [0.25, 0.3) is 5.91 Å². The molecule has 7 nitrogen and oxygen atoms in total. The zero-order chi connectivity index (χ0) is 19.4. The van der Waals surface area contributed by atoms with Crippen LogP contribution < -0.4 is 9.47 Å². The number of ether oxygens (including phenoxy) is 3. The zero-order valence-electron chi connectivity index (χ0n) is 15.5. The van der Waals surface area contributed by atoms with Gasteiger partial charge >= 0.3 is 5.97 Å². The number of likely N-dealkylation sites (tertiary alicyclic amines) is 1. The van der Waals surface area contributed by atoms with E-state index in [0.29, 0.717) is 37.3 Å². The molecule has 1 aromatic rings. The van der Waals surface area contributed by atoms with E-state index in [4.69, 9.17) is 14.2 Å². The van der Waals surface area contributed by atoms with Crippen molar-refractivity contribution in [1.29, 1.82) is 0 Å². The van der Waals surface area contributed by atoms with Gasteiger partial charge in [-0.15, -0.1) is 0 Å². The van der Waals surface area contributed by atoms with Crippen LogP contribution in [0.3, 0.4) is 0 Å². The Balaban J connectivity index is 1.63. The number of carbonyl (C=O) groups is 3. The summed E-state index contributed by atoms with van der Waals surface area (Å²) in [5.41, 5.74) is 1.77. The third-order valence-electron chi connectivity index (χ3n) is 4.44. The minimum absolute atomic E-state index is 0.109. The summed E-state index contributed by atoms with van der Waals surface area (Å²) in [4.78, 5) is 36.5. The highest BCUT2D eigenvalue weighted by Gasteiger charge is 2.26. The lowest BCUT2D eigenvalue weighted by Gasteiger charge is -2.12. The van der Waals surface area contributed by atoms with E-state index >= 15 is 0 Å². The van der Waals surface area contributed by atoms with Crippen molar-refractivity contribution in [1.82, 2.24) is 4.90 Å². The Kier molecular flexibility index (Phi) is 5.78. The molecule has 1 fully saturated rings. The van der Waals surface area contributed by atoms with Crippen LogP contribution in [0.2, 0.25) is 0 Å². The van der Waals surface area contributed by atoms with Gasteiger partial charge in [-0.3, -0.25) is 14.5 Å². The van der Waals surface area contributed by atoms with Crippen LogP contribution in [0.25, 0.3) is 6.08 Å². The first-order chi connectivity index (χ1) is 13.0. The highest BCUT2D eigenvalue weighted by Crippen LogP contribution is 2.35. The molecule has 3 rings (SSSR count). The lowest BCUT2D eigenvalue weighted by molar-refractivity contribution is -0.151. The molecular weight excluding hydrogens is 350 g/mol. The van der Waals surface area contributed by atoms with Gasteiger partial charge in [-0.1, -0.05) is 0 Å². The molecule has 2 heterocycles. The van der Waals surface area contributed by atoms with Crippen LogP contribution in [0, 0.1) is 0 Å². The number of amides is 2. The Bertz CT molecular complexity index is 785. The first-order valence-corrected chi connectivity index (χ1v) is 9.12. The predicted octanol–water partition coefficient (Wildman–Crippen LogP) is 2.11. The highest BCUT2D eigenvalue weighted by molar-refractivity contribution is 5.98. The number of esters is 1. The number of nitrogens with zero attached hydrogens (tertiary/aromatic N) is 1. The van der Waals surface area contributed by atoms with E-state index in [2.05, 4.69) is 0 Å². The molecule has 2 aliphatic heterocycles. The monoisotopic (exact) mass is 373 g/mol. The van der Waals surface area contributed by atoms with E-state index in [1.165, 1.54) is 6.08 Å². The third kappa shape index (κ3) is 4.48. The molecule has 2 amide bonds. The molecule has 0 radical (unpaired) electrons. The second-order valence-corrected chi connectivity index (χ2v) is 6.55. The molecule has 144 valence electrons. The standard InChI is InChI=1S/C20H23NO6/c1-3-25-16-11-15-9-13(2)27-17(15)10-14(16)6-7-20(24)26-12-19(23)21-8-4-5-18(21)22/h6-7,10-11,13H,3-5,8-9,12H2,1-2H3/b7-6+/t13-/m0/s1. The average Bonchev–Trinajstić information content (AvgIpc) is 3.22. The van der Waals surface area contributed by atoms with Crippen LogP contribution in [0.1, 0.15) is 37.8 Å². The fourth-order valence-electron chi connectivity index (χ4n) is 3.19. The fraction of sp³-hybridized carbons (Fsp3) is 0.450. The maximum atomic E-state index is 11.9. The molecule has 1 saturated heterocycles. The summed E-state index contributed by atoms with van der Waals surface area (Å²) in [6.45, 7) is 4.32. The van der Waals surface area contributed by atoms with Crippen molar-refractivity contribution in [3.63, 3.8) is 0 Å². The normalized spacial score (nSPS) is 18.5. The van der Waals surface area contributed by atoms with Gasteiger partial charge in [0.1, 0.15) is 17.6 Å². The van der Waals surface area contributed by atoms with Gasteiger partial charge < -0.3 is 14.2 Å². The number of fused-ring (bicyclic) bond motifs is 1. The summed E-state index contributed by atoms with van der Waals surface area (Å²) in [6.07, 6.45) is 4.75. The third-order valence-corrected chi connectivity index (χ3v) is 4.44. The van der Waals surface area contributed by atoms with E-state index in [-0.39, 0.29) is 12.0 Å². The fourth-order valence-corrected chi connectivity index (χ4v) is 3.19. The molecule has 0 aliphatic carbocycles. The Hall–Kier alpha value is -2.83. The van der Waals surface area contributed by atoms with Gasteiger partial charge in [0.05, 0.1) is 6.61 Å². The van der Waals surface area contributed by atoms with Crippen LogP contribution in [-0.2, 0) is 25.5 Å². The van der Waals surface area contributed by atoms with E-state index in [9.17, 15) is 14.4 Å². The summed E-state index contributed by atoms with van der Waals surface area (Å²) in [6, 6.07) is 3.76. The van der Waals surface area contributed by atoms with Crippen LogP contribution in [0.5, 0.6) is 11.5 Å². The lowest BCUT2D eigenvalue weighted by atomic mass is 10.1. The van der Waals surface area contributed by atoms with Crippen molar-refractivity contribution in [3.8, 4) is 11.5 Å². The van der Waals surface area contributed by atoms with E-state index in [1.807, 2.05) is 26.0 Å². The first-order valence-electron chi connectivity index (χ1n) is 9.12. The smallest absolute Gasteiger partial charge is 0.331 e. The van der Waals surface area contributed by atoms with Gasteiger partial charge in [0.15, 0.2) is 6.61 Å². The largest absolute Gasteiger partial charge is 0.493 e. The van der Waals surface area contributed by atoms with Gasteiger partial charge in [-0.25, -0.2) is 4.79 Å². The maximum absolute atomic E-state index is 11.9. The van der Waals surface area contributed by atoms with E-state index in [0.717, 1.165) is 22.6 Å². The van der Waals surface area contributed by atoms with Crippen LogP contribution in [-0.4, -0.2) is 48.5 Å². The average molecular weight is 373 g/mol. The van der Waals surface area contributed by atoms with Gasteiger partial charge in [0, 0.05) is 36.6 Å². The van der Waals surface area contributed by atoms with Gasteiger partial charge in [0.2, 0.25) is 5.91 Å². The predicted molar refractivity (Wildman–Crippen MR) is 97.4 cm³/mol. The topological polar surface area (TPSA) is 82.1 Å². The molecule has 0 saturated carbocycles. The summed E-state index contributed by atoms with van der Waals surface area (Å²) < 4.78 is 16.4. The molecular formula is C20H23NO6. The minimum atomic E-state index is -0.660. The second kappa shape index (κ2) is 8.24. The molecule has 0 bridgehead atoms. The van der Waals surface area contributed by atoms with Crippen molar-refractivity contribution < 1.29 is 28.6 Å². The molecule has 0 aromatic heterocycles. The van der Waals surface area contributed by atoms with E-state index < -0.39 is 18.5 Å². The number of benzene rings is 1. The molecule has 7 heteroatoms. The first kappa shape index (κ1) is 18.9. The number of hydrogen-bond donors (Lipinski definition) is 0. The van der Waals surface area contributed by atoms with Crippen LogP contribution >= 0.6 is 0 Å². The number of hydrogen-bond acceptors (Lipinski definition) is 6. The molecule has 2 aliphatic rings. The molecule has 1 atom stereocenters. The van der Waals surface area contributed by atoms with Crippen molar-refractivity contribution in [2.24, 2.45) is 0 Å². The zero-order valence-corrected chi connectivity index (χ0v) is 15.5. The Labute approximate surface area is 157 Å². The van der Waals surface area contributed by atoms with Crippen LogP contribution in [0.4, 0.5) is 0 Å². The van der Waals surface area contributed by atoms with Crippen molar-refractivity contribution in [2.75, 3.05) is 19.8 Å². The molecule has 0 spiro atoms. The van der Waals surface area contributed by atoms with Crippen molar-refractivity contribution in [3.05, 3.63) is 29.3 Å².